The van der Waals surface area contributed by atoms with Crippen LogP contribution in [0.2, 0.25) is 0 Å². The molecule has 1 N–H and O–H groups in total. The number of sulfonamides is 1. The molecule has 0 spiro atoms. The summed E-state index contributed by atoms with van der Waals surface area (Å²) < 4.78 is 42.4. The van der Waals surface area contributed by atoms with E-state index in [0.29, 0.717) is 43.0 Å². The van der Waals surface area contributed by atoms with Crippen LogP contribution in [0.25, 0.3) is 11.0 Å². The Morgan fingerprint density at radius 1 is 1.12 bits per heavy atom. The van der Waals surface area contributed by atoms with Crippen molar-refractivity contribution < 1.29 is 27.1 Å². The minimum atomic E-state index is -3.58. The molecule has 1 aliphatic rings. The summed E-state index contributed by atoms with van der Waals surface area (Å²) in [7, 11) is -2.12. The van der Waals surface area contributed by atoms with Crippen LogP contribution in [0.4, 0.5) is 0 Å². The van der Waals surface area contributed by atoms with Crippen LogP contribution in [0.5, 0.6) is 5.75 Å². The van der Waals surface area contributed by atoms with E-state index < -0.39 is 21.6 Å². The topological polar surface area (TPSA) is 115 Å². The number of benzene rings is 2. The number of para-hydroxylation sites is 1. The van der Waals surface area contributed by atoms with E-state index in [0.717, 1.165) is 0 Å². The highest BCUT2D eigenvalue weighted by Gasteiger charge is 2.26. The zero-order valence-corrected chi connectivity index (χ0v) is 18.2. The fourth-order valence-corrected chi connectivity index (χ4v) is 4.84. The molecule has 3 aromatic rings. The van der Waals surface area contributed by atoms with Crippen LogP contribution in [-0.2, 0) is 21.3 Å². The second-order valence-electron chi connectivity index (χ2n) is 7.17. The van der Waals surface area contributed by atoms with Crippen molar-refractivity contribution in [2.24, 2.45) is 0 Å². The Morgan fingerprint density at radius 2 is 1.84 bits per heavy atom. The van der Waals surface area contributed by atoms with Gasteiger partial charge in [-0.1, -0.05) is 24.3 Å². The van der Waals surface area contributed by atoms with Gasteiger partial charge in [0.1, 0.15) is 5.56 Å². The maximum absolute atomic E-state index is 12.7. The van der Waals surface area contributed by atoms with Gasteiger partial charge in [-0.3, -0.25) is 4.79 Å². The van der Waals surface area contributed by atoms with Crippen molar-refractivity contribution in [2.45, 2.75) is 11.4 Å². The summed E-state index contributed by atoms with van der Waals surface area (Å²) in [6.07, 6.45) is 0. The van der Waals surface area contributed by atoms with E-state index >= 15 is 0 Å². The zero-order chi connectivity index (χ0) is 22.7. The first-order chi connectivity index (χ1) is 15.4. The van der Waals surface area contributed by atoms with Gasteiger partial charge in [-0.15, -0.1) is 0 Å². The van der Waals surface area contributed by atoms with Crippen molar-refractivity contribution in [3.63, 3.8) is 0 Å². The molecule has 1 aromatic heterocycles. The van der Waals surface area contributed by atoms with Crippen LogP contribution < -0.4 is 15.7 Å². The number of carbonyl (C=O) groups excluding carboxylic acids is 1. The molecule has 1 fully saturated rings. The lowest BCUT2D eigenvalue weighted by Crippen LogP contribution is -2.40. The molecular weight excluding hydrogens is 436 g/mol. The second kappa shape index (κ2) is 9.11. The molecule has 2 heterocycles. The minimum Gasteiger partial charge on any atom is -0.493 e. The number of nitrogens with one attached hydrogen (secondary N) is 1. The summed E-state index contributed by atoms with van der Waals surface area (Å²) >= 11 is 0. The number of rotatable bonds is 6. The number of methoxy groups -OCH3 is 1. The average Bonchev–Trinajstić information content (AvgIpc) is 2.82. The standard InChI is InChI=1S/C22H22N2O7S/c1-29-19-4-2-3-16-13-18(22(26)31-20(16)19)21(25)23-14-15-5-7-17(8-6-15)32(27,28)24-9-11-30-12-10-24/h2-8,13H,9-12,14H2,1H3,(H,23,25). The van der Waals surface area contributed by atoms with Crippen molar-refractivity contribution in [1.82, 2.24) is 9.62 Å². The molecule has 2 aromatic carbocycles. The maximum atomic E-state index is 12.7. The molecule has 0 aliphatic carbocycles. The summed E-state index contributed by atoms with van der Waals surface area (Å²) in [5, 5.41) is 3.23. The Bertz CT molecular complexity index is 1290. The van der Waals surface area contributed by atoms with Gasteiger partial charge in [-0.25, -0.2) is 13.2 Å². The average molecular weight is 458 g/mol. The second-order valence-corrected chi connectivity index (χ2v) is 9.11. The molecule has 1 saturated heterocycles. The van der Waals surface area contributed by atoms with E-state index in [9.17, 15) is 18.0 Å². The van der Waals surface area contributed by atoms with Crippen LogP contribution in [0, 0.1) is 0 Å². The number of ether oxygens (including phenoxy) is 2. The summed E-state index contributed by atoms with van der Waals surface area (Å²) in [6.45, 7) is 1.50. The predicted octanol–water partition coefficient (Wildman–Crippen LogP) is 1.75. The van der Waals surface area contributed by atoms with E-state index in [1.165, 1.54) is 29.6 Å². The normalized spacial score (nSPS) is 14.9. The fraction of sp³-hybridized carbons (Fsp3) is 0.273. The Labute approximate surface area is 184 Å². The number of hydrogen-bond acceptors (Lipinski definition) is 7. The third-order valence-corrected chi connectivity index (χ3v) is 7.09. The Kier molecular flexibility index (Phi) is 6.26. The van der Waals surface area contributed by atoms with Crippen molar-refractivity contribution >= 4 is 26.9 Å². The summed E-state index contributed by atoms with van der Waals surface area (Å²) in [5.41, 5.74) is 0.0588. The first-order valence-corrected chi connectivity index (χ1v) is 11.4. The molecule has 10 heteroatoms. The SMILES string of the molecule is COc1cccc2cc(C(=O)NCc3ccc(S(=O)(=O)N4CCOCC4)cc3)c(=O)oc12. The van der Waals surface area contributed by atoms with Crippen LogP contribution in [-0.4, -0.2) is 52.0 Å². The quantitative estimate of drug-likeness (QED) is 0.560. The summed E-state index contributed by atoms with van der Waals surface area (Å²) in [5.74, 6) is -0.188. The third kappa shape index (κ3) is 4.38. The number of hydrogen-bond donors (Lipinski definition) is 1. The van der Waals surface area contributed by atoms with Crippen LogP contribution in [0.3, 0.4) is 0 Å². The summed E-state index contributed by atoms with van der Waals surface area (Å²) in [6, 6.07) is 12.8. The lowest BCUT2D eigenvalue weighted by atomic mass is 10.1. The van der Waals surface area contributed by atoms with Crippen LogP contribution in [0.15, 0.2) is 62.6 Å². The van der Waals surface area contributed by atoms with E-state index in [1.807, 2.05) is 0 Å². The molecule has 0 radical (unpaired) electrons. The lowest BCUT2D eigenvalue weighted by Gasteiger charge is -2.26. The van der Waals surface area contributed by atoms with E-state index in [2.05, 4.69) is 5.32 Å². The molecule has 168 valence electrons. The minimum absolute atomic E-state index is 0.117. The molecule has 4 rings (SSSR count). The van der Waals surface area contributed by atoms with E-state index in [4.69, 9.17) is 13.9 Å². The van der Waals surface area contributed by atoms with E-state index in [1.54, 1.807) is 30.3 Å². The highest BCUT2D eigenvalue weighted by Crippen LogP contribution is 2.24. The van der Waals surface area contributed by atoms with Gasteiger partial charge in [-0.2, -0.15) is 4.31 Å². The molecule has 0 saturated carbocycles. The Morgan fingerprint density at radius 3 is 2.53 bits per heavy atom. The number of morpholine rings is 1. The van der Waals surface area contributed by atoms with Gasteiger partial charge in [0.15, 0.2) is 11.3 Å². The molecule has 32 heavy (non-hydrogen) atoms. The van der Waals surface area contributed by atoms with Gasteiger partial charge >= 0.3 is 5.63 Å². The molecular formula is C22H22N2O7S. The van der Waals surface area contributed by atoms with Gasteiger partial charge in [0, 0.05) is 25.0 Å². The lowest BCUT2D eigenvalue weighted by molar-refractivity contribution is 0.0730. The first-order valence-electron chi connectivity index (χ1n) is 9.96. The Balaban J connectivity index is 1.46. The molecule has 1 aliphatic heterocycles. The highest BCUT2D eigenvalue weighted by molar-refractivity contribution is 7.89. The summed E-state index contributed by atoms with van der Waals surface area (Å²) in [4.78, 5) is 25.0. The highest BCUT2D eigenvalue weighted by atomic mass is 32.2. The number of fused-ring (bicyclic) bond motifs is 1. The molecule has 1 amide bonds. The van der Waals surface area contributed by atoms with Gasteiger partial charge < -0.3 is 19.2 Å². The number of nitrogens with zero attached hydrogens (tertiary/aromatic N) is 1. The van der Waals surface area contributed by atoms with Crippen LogP contribution >= 0.6 is 0 Å². The molecule has 9 nitrogen and oxygen atoms in total. The van der Waals surface area contributed by atoms with Gasteiger partial charge in [-0.05, 0) is 29.8 Å². The molecule has 0 bridgehead atoms. The van der Waals surface area contributed by atoms with Crippen molar-refractivity contribution in [3.05, 3.63) is 70.1 Å². The monoisotopic (exact) mass is 458 g/mol. The van der Waals surface area contributed by atoms with Crippen molar-refractivity contribution in [1.29, 1.82) is 0 Å². The van der Waals surface area contributed by atoms with E-state index in [-0.39, 0.29) is 22.6 Å². The zero-order valence-electron chi connectivity index (χ0n) is 17.4. The predicted molar refractivity (Wildman–Crippen MR) is 116 cm³/mol. The number of amides is 1. The van der Waals surface area contributed by atoms with Gasteiger partial charge in [0.25, 0.3) is 5.91 Å². The van der Waals surface area contributed by atoms with Crippen LogP contribution in [0.1, 0.15) is 15.9 Å². The Hall–Kier alpha value is -3.21. The van der Waals surface area contributed by atoms with Crippen molar-refractivity contribution in [3.8, 4) is 5.75 Å². The molecule has 0 atom stereocenters. The van der Waals surface area contributed by atoms with Gasteiger partial charge in [0.2, 0.25) is 10.0 Å². The largest absolute Gasteiger partial charge is 0.493 e. The first kappa shape index (κ1) is 22.0. The van der Waals surface area contributed by atoms with Crippen molar-refractivity contribution in [2.75, 3.05) is 33.4 Å². The van der Waals surface area contributed by atoms with Gasteiger partial charge in [0.05, 0.1) is 25.2 Å². The fourth-order valence-electron chi connectivity index (χ4n) is 3.43. The number of carbonyl (C=O) groups is 1. The third-order valence-electron chi connectivity index (χ3n) is 5.17. The maximum Gasteiger partial charge on any atom is 0.349 e. The smallest absolute Gasteiger partial charge is 0.349 e. The molecule has 0 unspecified atom stereocenters.